The lowest BCUT2D eigenvalue weighted by molar-refractivity contribution is 0.106. The quantitative estimate of drug-likeness (QED) is 0.910. The zero-order valence-electron chi connectivity index (χ0n) is 11.0. The predicted octanol–water partition coefficient (Wildman–Crippen LogP) is 2.15. The molecule has 0 aliphatic carbocycles. The minimum Gasteiger partial charge on any atom is -0.380 e. The predicted molar refractivity (Wildman–Crippen MR) is 73.7 cm³/mol. The van der Waals surface area contributed by atoms with Gasteiger partial charge in [0.05, 0.1) is 22.5 Å². The van der Waals surface area contributed by atoms with E-state index in [1.807, 2.05) is 32.0 Å². The fourth-order valence-electron chi connectivity index (χ4n) is 1.61. The molecule has 0 fully saturated rings. The molecule has 102 valence electrons. The Morgan fingerprint density at radius 2 is 2.16 bits per heavy atom. The van der Waals surface area contributed by atoms with Crippen LogP contribution in [0.3, 0.4) is 0 Å². The SMILES string of the molecule is COC(C)C(C)Nc1cc(-n2cnnn2)ccc1Cl. The molecule has 2 rings (SSSR count). The number of methoxy groups -OCH3 is 1. The molecular formula is C12H16ClN5O. The third-order valence-electron chi connectivity index (χ3n) is 3.02. The number of hydrogen-bond donors (Lipinski definition) is 1. The number of anilines is 1. The van der Waals surface area contributed by atoms with Crippen LogP contribution in [0.25, 0.3) is 5.69 Å². The fraction of sp³-hybridized carbons (Fsp3) is 0.417. The Morgan fingerprint density at radius 3 is 2.79 bits per heavy atom. The molecule has 0 aliphatic rings. The molecule has 0 saturated carbocycles. The van der Waals surface area contributed by atoms with Crippen LogP contribution in [0, 0.1) is 0 Å². The number of nitrogens with one attached hydrogen (secondary N) is 1. The van der Waals surface area contributed by atoms with Gasteiger partial charge in [-0.1, -0.05) is 11.6 Å². The summed E-state index contributed by atoms with van der Waals surface area (Å²) < 4.78 is 6.86. The van der Waals surface area contributed by atoms with Crippen molar-refractivity contribution in [2.75, 3.05) is 12.4 Å². The molecule has 1 N–H and O–H groups in total. The average Bonchev–Trinajstić information content (AvgIpc) is 2.94. The van der Waals surface area contributed by atoms with Crippen molar-refractivity contribution >= 4 is 17.3 Å². The summed E-state index contributed by atoms with van der Waals surface area (Å²) >= 11 is 6.19. The molecule has 0 bridgehead atoms. The van der Waals surface area contributed by atoms with Crippen LogP contribution in [-0.2, 0) is 4.74 Å². The Balaban J connectivity index is 2.23. The van der Waals surface area contributed by atoms with Crippen molar-refractivity contribution in [2.45, 2.75) is 26.0 Å². The monoisotopic (exact) mass is 281 g/mol. The summed E-state index contributed by atoms with van der Waals surface area (Å²) in [5, 5.41) is 15.0. The first-order valence-electron chi connectivity index (χ1n) is 5.94. The van der Waals surface area contributed by atoms with E-state index in [9.17, 15) is 0 Å². The molecule has 19 heavy (non-hydrogen) atoms. The van der Waals surface area contributed by atoms with Gasteiger partial charge < -0.3 is 10.1 Å². The van der Waals surface area contributed by atoms with E-state index in [-0.39, 0.29) is 12.1 Å². The summed E-state index contributed by atoms with van der Waals surface area (Å²) in [6.45, 7) is 4.03. The van der Waals surface area contributed by atoms with Crippen molar-refractivity contribution in [1.82, 2.24) is 20.2 Å². The first-order chi connectivity index (χ1) is 9.11. The highest BCUT2D eigenvalue weighted by molar-refractivity contribution is 6.33. The minimum atomic E-state index is 0.0766. The molecule has 0 spiro atoms. The van der Waals surface area contributed by atoms with Crippen molar-refractivity contribution in [2.24, 2.45) is 0 Å². The van der Waals surface area contributed by atoms with Gasteiger partial charge in [-0.2, -0.15) is 0 Å². The van der Waals surface area contributed by atoms with Crippen LogP contribution in [-0.4, -0.2) is 39.5 Å². The lowest BCUT2D eigenvalue weighted by Gasteiger charge is -2.22. The van der Waals surface area contributed by atoms with Gasteiger partial charge in [-0.05, 0) is 42.5 Å². The van der Waals surface area contributed by atoms with E-state index >= 15 is 0 Å². The number of benzene rings is 1. The first-order valence-corrected chi connectivity index (χ1v) is 6.32. The summed E-state index contributed by atoms with van der Waals surface area (Å²) in [6.07, 6.45) is 1.61. The maximum Gasteiger partial charge on any atom is 0.143 e. The number of hydrogen-bond acceptors (Lipinski definition) is 5. The summed E-state index contributed by atoms with van der Waals surface area (Å²) in [5.41, 5.74) is 1.67. The Morgan fingerprint density at radius 1 is 1.37 bits per heavy atom. The Hall–Kier alpha value is -1.66. The zero-order valence-corrected chi connectivity index (χ0v) is 11.8. The van der Waals surface area contributed by atoms with Gasteiger partial charge in [-0.15, -0.1) is 5.10 Å². The second-order valence-electron chi connectivity index (χ2n) is 4.29. The van der Waals surface area contributed by atoms with Gasteiger partial charge in [0, 0.05) is 13.2 Å². The molecule has 0 amide bonds. The molecule has 7 heteroatoms. The number of halogens is 1. The second-order valence-corrected chi connectivity index (χ2v) is 4.70. The normalized spacial score (nSPS) is 14.1. The van der Waals surface area contributed by atoms with Crippen LogP contribution in [0.4, 0.5) is 5.69 Å². The van der Waals surface area contributed by atoms with Crippen LogP contribution < -0.4 is 5.32 Å². The van der Waals surface area contributed by atoms with Crippen LogP contribution in [0.2, 0.25) is 5.02 Å². The maximum absolute atomic E-state index is 6.19. The van der Waals surface area contributed by atoms with Crippen molar-refractivity contribution in [3.05, 3.63) is 29.5 Å². The van der Waals surface area contributed by atoms with Gasteiger partial charge >= 0.3 is 0 Å². The molecule has 1 heterocycles. The van der Waals surface area contributed by atoms with E-state index < -0.39 is 0 Å². The maximum atomic E-state index is 6.19. The van der Waals surface area contributed by atoms with E-state index in [4.69, 9.17) is 16.3 Å². The lowest BCUT2D eigenvalue weighted by Crippen LogP contribution is -2.29. The van der Waals surface area contributed by atoms with Crippen LogP contribution in [0.5, 0.6) is 0 Å². The summed E-state index contributed by atoms with van der Waals surface area (Å²) in [7, 11) is 1.68. The third-order valence-corrected chi connectivity index (χ3v) is 3.35. The Labute approximate surface area is 116 Å². The second kappa shape index (κ2) is 5.99. The van der Waals surface area contributed by atoms with Gasteiger partial charge in [-0.3, -0.25) is 0 Å². The number of ether oxygens (including phenoxy) is 1. The molecule has 0 aliphatic heterocycles. The number of tetrazole rings is 1. The van der Waals surface area contributed by atoms with Crippen LogP contribution in [0.1, 0.15) is 13.8 Å². The van der Waals surface area contributed by atoms with E-state index in [1.165, 1.54) is 6.33 Å². The molecule has 2 unspecified atom stereocenters. The largest absolute Gasteiger partial charge is 0.380 e. The van der Waals surface area contributed by atoms with Gasteiger partial charge in [-0.25, -0.2) is 4.68 Å². The van der Waals surface area contributed by atoms with Crippen molar-refractivity contribution in [3.8, 4) is 5.69 Å². The Bertz CT molecular complexity index is 531. The summed E-state index contributed by atoms with van der Waals surface area (Å²) in [6, 6.07) is 5.70. The van der Waals surface area contributed by atoms with E-state index in [0.29, 0.717) is 5.02 Å². The number of rotatable bonds is 5. The molecule has 1 aromatic carbocycles. The molecule has 0 radical (unpaired) electrons. The summed E-state index contributed by atoms with van der Waals surface area (Å²) in [5.74, 6) is 0. The van der Waals surface area contributed by atoms with Crippen molar-refractivity contribution in [1.29, 1.82) is 0 Å². The highest BCUT2D eigenvalue weighted by Gasteiger charge is 2.13. The van der Waals surface area contributed by atoms with E-state index in [1.54, 1.807) is 11.8 Å². The van der Waals surface area contributed by atoms with E-state index in [2.05, 4.69) is 20.8 Å². The molecule has 2 atom stereocenters. The van der Waals surface area contributed by atoms with Gasteiger partial charge in [0.1, 0.15) is 6.33 Å². The van der Waals surface area contributed by atoms with Gasteiger partial charge in [0.25, 0.3) is 0 Å². The first kappa shape index (κ1) is 13.8. The molecular weight excluding hydrogens is 266 g/mol. The lowest BCUT2D eigenvalue weighted by atomic mass is 10.2. The highest BCUT2D eigenvalue weighted by atomic mass is 35.5. The van der Waals surface area contributed by atoms with Crippen molar-refractivity contribution in [3.63, 3.8) is 0 Å². The topological polar surface area (TPSA) is 64.9 Å². The van der Waals surface area contributed by atoms with Crippen LogP contribution in [0.15, 0.2) is 24.5 Å². The number of aromatic nitrogens is 4. The molecule has 6 nitrogen and oxygen atoms in total. The molecule has 1 aromatic heterocycles. The number of nitrogens with zero attached hydrogens (tertiary/aromatic N) is 4. The standard InChI is InChI=1S/C12H16ClN5O/c1-8(9(2)19-3)15-12-6-10(4-5-11(12)13)18-7-14-16-17-18/h4-9,15H,1-3H3. The minimum absolute atomic E-state index is 0.0766. The average molecular weight is 282 g/mol. The van der Waals surface area contributed by atoms with Gasteiger partial charge in [0.2, 0.25) is 0 Å². The molecule has 0 saturated heterocycles. The smallest absolute Gasteiger partial charge is 0.143 e. The van der Waals surface area contributed by atoms with Crippen molar-refractivity contribution < 1.29 is 4.74 Å². The van der Waals surface area contributed by atoms with Gasteiger partial charge in [0.15, 0.2) is 0 Å². The Kier molecular flexibility index (Phi) is 4.34. The highest BCUT2D eigenvalue weighted by Crippen LogP contribution is 2.25. The fourth-order valence-corrected chi connectivity index (χ4v) is 1.78. The van der Waals surface area contributed by atoms with Crippen LogP contribution >= 0.6 is 11.6 Å². The molecule has 2 aromatic rings. The summed E-state index contributed by atoms with van der Waals surface area (Å²) in [4.78, 5) is 0. The third kappa shape index (κ3) is 3.21. The van der Waals surface area contributed by atoms with E-state index in [0.717, 1.165) is 11.4 Å². The zero-order chi connectivity index (χ0) is 13.8.